The largest absolute Gasteiger partial charge is 0.454 e. The SMILES string of the molecule is Cc1cccc(NC(=O)COC(=O)CN2C(=O)CN(C)C2=O)c1. The molecule has 0 bridgehead atoms. The Morgan fingerprint density at radius 3 is 2.65 bits per heavy atom. The van der Waals surface area contributed by atoms with Gasteiger partial charge in [-0.1, -0.05) is 12.1 Å². The van der Waals surface area contributed by atoms with Crippen LogP contribution in [-0.4, -0.2) is 60.4 Å². The molecule has 23 heavy (non-hydrogen) atoms. The molecule has 1 aliphatic heterocycles. The molecule has 1 aromatic rings. The van der Waals surface area contributed by atoms with E-state index in [1.807, 2.05) is 13.0 Å². The van der Waals surface area contributed by atoms with Crippen LogP contribution in [0.1, 0.15) is 5.56 Å². The van der Waals surface area contributed by atoms with Gasteiger partial charge in [0.1, 0.15) is 13.1 Å². The second-order valence-electron chi connectivity index (χ2n) is 5.20. The highest BCUT2D eigenvalue weighted by Gasteiger charge is 2.35. The minimum atomic E-state index is -0.818. The highest BCUT2D eigenvalue weighted by atomic mass is 16.5. The van der Waals surface area contributed by atoms with Crippen molar-refractivity contribution in [2.75, 3.05) is 32.1 Å². The molecule has 0 spiro atoms. The number of hydrogen-bond acceptors (Lipinski definition) is 5. The molecule has 8 nitrogen and oxygen atoms in total. The number of benzene rings is 1. The number of anilines is 1. The first kappa shape index (κ1) is 16.5. The number of likely N-dealkylation sites (N-methyl/N-ethyl adjacent to an activating group) is 1. The van der Waals surface area contributed by atoms with E-state index in [0.29, 0.717) is 5.69 Å². The zero-order chi connectivity index (χ0) is 17.0. The average molecular weight is 319 g/mol. The number of hydrogen-bond donors (Lipinski definition) is 1. The molecule has 1 heterocycles. The lowest BCUT2D eigenvalue weighted by molar-refractivity contribution is -0.149. The number of ether oxygens (including phenoxy) is 1. The normalized spacial score (nSPS) is 14.2. The maximum atomic E-state index is 11.7. The minimum Gasteiger partial charge on any atom is -0.454 e. The molecule has 0 aliphatic carbocycles. The number of aryl methyl sites for hydroxylation is 1. The zero-order valence-electron chi connectivity index (χ0n) is 12.9. The Morgan fingerprint density at radius 1 is 1.30 bits per heavy atom. The summed E-state index contributed by atoms with van der Waals surface area (Å²) in [6.45, 7) is 0.829. The second kappa shape index (κ2) is 6.91. The van der Waals surface area contributed by atoms with Gasteiger partial charge in [0.2, 0.25) is 0 Å². The fraction of sp³-hybridized carbons (Fsp3) is 0.333. The Labute approximate surface area is 133 Å². The molecule has 0 radical (unpaired) electrons. The first-order chi connectivity index (χ1) is 10.9. The molecule has 1 aromatic carbocycles. The van der Waals surface area contributed by atoms with Crippen LogP contribution in [0.3, 0.4) is 0 Å². The lowest BCUT2D eigenvalue weighted by atomic mass is 10.2. The maximum Gasteiger partial charge on any atom is 0.327 e. The highest BCUT2D eigenvalue weighted by Crippen LogP contribution is 2.10. The maximum absolute atomic E-state index is 11.7. The highest BCUT2D eigenvalue weighted by molar-refractivity contribution is 6.04. The average Bonchev–Trinajstić information content (AvgIpc) is 2.72. The second-order valence-corrected chi connectivity index (χ2v) is 5.20. The van der Waals surface area contributed by atoms with Crippen LogP contribution in [-0.2, 0) is 19.1 Å². The van der Waals surface area contributed by atoms with Gasteiger partial charge in [0.25, 0.3) is 11.8 Å². The molecule has 122 valence electrons. The summed E-state index contributed by atoms with van der Waals surface area (Å²) in [5.41, 5.74) is 1.58. The van der Waals surface area contributed by atoms with E-state index in [1.165, 1.54) is 11.9 Å². The number of rotatable bonds is 5. The third kappa shape index (κ3) is 4.29. The molecule has 0 unspecified atom stereocenters. The number of imide groups is 1. The van der Waals surface area contributed by atoms with Crippen LogP contribution < -0.4 is 5.32 Å². The van der Waals surface area contributed by atoms with Crippen molar-refractivity contribution in [2.45, 2.75) is 6.92 Å². The van der Waals surface area contributed by atoms with Crippen molar-refractivity contribution in [2.24, 2.45) is 0 Å². The van der Waals surface area contributed by atoms with Crippen LogP contribution in [0.4, 0.5) is 10.5 Å². The molecule has 1 N–H and O–H groups in total. The third-order valence-corrected chi connectivity index (χ3v) is 3.18. The molecule has 0 saturated carbocycles. The van der Waals surface area contributed by atoms with Crippen LogP contribution in [0.25, 0.3) is 0 Å². The number of amides is 4. The molecule has 1 saturated heterocycles. The lowest BCUT2D eigenvalue weighted by Gasteiger charge is -2.13. The van der Waals surface area contributed by atoms with E-state index in [9.17, 15) is 19.2 Å². The Hall–Kier alpha value is -2.90. The summed E-state index contributed by atoms with van der Waals surface area (Å²) in [5.74, 6) is -1.79. The monoisotopic (exact) mass is 319 g/mol. The van der Waals surface area contributed by atoms with Gasteiger partial charge in [-0.2, -0.15) is 0 Å². The van der Waals surface area contributed by atoms with Crippen LogP contribution in [0.15, 0.2) is 24.3 Å². The zero-order valence-corrected chi connectivity index (χ0v) is 12.9. The van der Waals surface area contributed by atoms with Crippen molar-refractivity contribution >= 4 is 29.5 Å². The van der Waals surface area contributed by atoms with Gasteiger partial charge in [-0.3, -0.25) is 19.3 Å². The van der Waals surface area contributed by atoms with Gasteiger partial charge in [-0.15, -0.1) is 0 Å². The van der Waals surface area contributed by atoms with Crippen molar-refractivity contribution in [1.82, 2.24) is 9.80 Å². The van der Waals surface area contributed by atoms with E-state index < -0.39 is 37.0 Å². The molecule has 0 atom stereocenters. The van der Waals surface area contributed by atoms with E-state index in [-0.39, 0.29) is 6.54 Å². The predicted molar refractivity (Wildman–Crippen MR) is 80.5 cm³/mol. The fourth-order valence-corrected chi connectivity index (χ4v) is 2.07. The summed E-state index contributed by atoms with van der Waals surface area (Å²) in [6, 6.07) is 6.60. The van der Waals surface area contributed by atoms with Gasteiger partial charge in [-0.05, 0) is 24.6 Å². The topological polar surface area (TPSA) is 96.0 Å². The van der Waals surface area contributed by atoms with Gasteiger partial charge in [-0.25, -0.2) is 4.79 Å². The molecular formula is C15H17N3O5. The number of carbonyl (C=O) groups is 4. The summed E-state index contributed by atoms with van der Waals surface area (Å²) in [6.07, 6.45) is 0. The smallest absolute Gasteiger partial charge is 0.327 e. The van der Waals surface area contributed by atoms with Crippen molar-refractivity contribution in [3.8, 4) is 0 Å². The predicted octanol–water partition coefficient (Wildman–Crippen LogP) is 0.371. The molecule has 1 fully saturated rings. The number of carbonyl (C=O) groups excluding carboxylic acids is 4. The lowest BCUT2D eigenvalue weighted by Crippen LogP contribution is -2.37. The molecule has 1 aliphatic rings. The first-order valence-electron chi connectivity index (χ1n) is 6.94. The van der Waals surface area contributed by atoms with E-state index in [0.717, 1.165) is 10.5 Å². The third-order valence-electron chi connectivity index (χ3n) is 3.18. The van der Waals surface area contributed by atoms with Crippen molar-refractivity contribution in [1.29, 1.82) is 0 Å². The van der Waals surface area contributed by atoms with E-state index in [1.54, 1.807) is 18.2 Å². The van der Waals surface area contributed by atoms with Crippen LogP contribution >= 0.6 is 0 Å². The Kier molecular flexibility index (Phi) is 4.95. The molecule has 8 heteroatoms. The molecule has 2 rings (SSSR count). The standard InChI is InChI=1S/C15H17N3O5/c1-10-4-3-5-11(6-10)16-12(19)9-23-14(21)8-18-13(20)7-17(2)15(18)22/h3-6H,7-9H2,1-2H3,(H,16,19). The van der Waals surface area contributed by atoms with Gasteiger partial charge in [0.15, 0.2) is 6.61 Å². The summed E-state index contributed by atoms with van der Waals surface area (Å²) >= 11 is 0. The molecule has 0 aromatic heterocycles. The van der Waals surface area contributed by atoms with Crippen LogP contribution in [0.2, 0.25) is 0 Å². The number of nitrogens with one attached hydrogen (secondary N) is 1. The van der Waals surface area contributed by atoms with Gasteiger partial charge in [0, 0.05) is 12.7 Å². The Morgan fingerprint density at radius 2 is 2.04 bits per heavy atom. The van der Waals surface area contributed by atoms with Crippen molar-refractivity contribution < 1.29 is 23.9 Å². The Balaban J connectivity index is 1.79. The minimum absolute atomic E-state index is 0.0695. The number of nitrogens with zero attached hydrogens (tertiary/aromatic N) is 2. The van der Waals surface area contributed by atoms with Crippen LogP contribution in [0, 0.1) is 6.92 Å². The van der Waals surface area contributed by atoms with Gasteiger partial charge in [0.05, 0.1) is 0 Å². The molecule has 4 amide bonds. The summed E-state index contributed by atoms with van der Waals surface area (Å²) in [4.78, 5) is 48.5. The Bertz CT molecular complexity index is 658. The van der Waals surface area contributed by atoms with E-state index in [4.69, 9.17) is 4.74 Å². The quantitative estimate of drug-likeness (QED) is 0.625. The van der Waals surface area contributed by atoms with E-state index >= 15 is 0 Å². The number of urea groups is 1. The van der Waals surface area contributed by atoms with Gasteiger partial charge < -0.3 is 15.0 Å². The van der Waals surface area contributed by atoms with Crippen LogP contribution in [0.5, 0.6) is 0 Å². The van der Waals surface area contributed by atoms with Crippen molar-refractivity contribution in [3.63, 3.8) is 0 Å². The first-order valence-corrected chi connectivity index (χ1v) is 6.94. The van der Waals surface area contributed by atoms with Gasteiger partial charge >= 0.3 is 12.0 Å². The molecular weight excluding hydrogens is 302 g/mol. The number of esters is 1. The summed E-state index contributed by atoms with van der Waals surface area (Å²) in [7, 11) is 1.46. The fourth-order valence-electron chi connectivity index (χ4n) is 2.07. The summed E-state index contributed by atoms with van der Waals surface area (Å²) in [5, 5.41) is 2.58. The summed E-state index contributed by atoms with van der Waals surface area (Å²) < 4.78 is 4.78. The van der Waals surface area contributed by atoms with E-state index in [2.05, 4.69) is 5.32 Å². The van der Waals surface area contributed by atoms with Crippen molar-refractivity contribution in [3.05, 3.63) is 29.8 Å².